The molecule has 0 bridgehead atoms. The van der Waals surface area contributed by atoms with Crippen LogP contribution in [0, 0.1) is 11.3 Å². The molecule has 1 aromatic carbocycles. The van der Waals surface area contributed by atoms with Crippen LogP contribution in [0.1, 0.15) is 5.56 Å². The number of ether oxygens (including phenoxy) is 3. The highest BCUT2D eigenvalue weighted by Gasteiger charge is 2.18. The van der Waals surface area contributed by atoms with Crippen molar-refractivity contribution in [3.8, 4) is 17.6 Å². The molecule has 1 aliphatic heterocycles. The number of benzene rings is 1. The van der Waals surface area contributed by atoms with Crippen molar-refractivity contribution in [2.45, 2.75) is 0 Å². The maximum atomic E-state index is 12.1. The zero-order valence-electron chi connectivity index (χ0n) is 14.8. The highest BCUT2D eigenvalue weighted by atomic mass is 16.5. The van der Waals surface area contributed by atoms with Gasteiger partial charge in [-0.3, -0.25) is 9.59 Å². The molecule has 0 atom stereocenters. The first kappa shape index (κ1) is 19.3. The van der Waals surface area contributed by atoms with Gasteiger partial charge in [0.1, 0.15) is 11.6 Å². The van der Waals surface area contributed by atoms with E-state index < -0.39 is 5.91 Å². The molecule has 8 nitrogen and oxygen atoms in total. The molecule has 1 heterocycles. The van der Waals surface area contributed by atoms with E-state index in [-0.39, 0.29) is 18.1 Å². The maximum Gasteiger partial charge on any atom is 0.261 e. The molecular weight excluding hydrogens is 338 g/mol. The molecule has 0 spiro atoms. The summed E-state index contributed by atoms with van der Waals surface area (Å²) in [5, 5.41) is 11.5. The van der Waals surface area contributed by atoms with Gasteiger partial charge in [0.25, 0.3) is 11.8 Å². The summed E-state index contributed by atoms with van der Waals surface area (Å²) in [6.45, 7) is 2.07. The fraction of sp³-hybridized carbons (Fsp3) is 0.389. The van der Waals surface area contributed by atoms with Crippen molar-refractivity contribution in [2.24, 2.45) is 0 Å². The number of rotatable bonds is 6. The minimum absolute atomic E-state index is 0.0225. The third kappa shape index (κ3) is 4.97. The molecule has 2 rings (SSSR count). The molecular formula is C18H21N3O5. The van der Waals surface area contributed by atoms with Gasteiger partial charge in [0.05, 0.1) is 20.3 Å². The summed E-state index contributed by atoms with van der Waals surface area (Å²) in [5.74, 6) is 0.223. The van der Waals surface area contributed by atoms with Gasteiger partial charge in [0.15, 0.2) is 18.1 Å². The lowest BCUT2D eigenvalue weighted by Gasteiger charge is -2.26. The molecule has 1 fully saturated rings. The molecule has 1 aliphatic rings. The van der Waals surface area contributed by atoms with Crippen LogP contribution in [0.3, 0.4) is 0 Å². The normalized spacial score (nSPS) is 14.3. The molecule has 0 saturated carbocycles. The van der Waals surface area contributed by atoms with Crippen molar-refractivity contribution in [3.05, 3.63) is 29.3 Å². The highest BCUT2D eigenvalue weighted by molar-refractivity contribution is 6.01. The van der Waals surface area contributed by atoms with Gasteiger partial charge in [-0.05, 0) is 23.8 Å². The summed E-state index contributed by atoms with van der Waals surface area (Å²) >= 11 is 0. The summed E-state index contributed by atoms with van der Waals surface area (Å²) in [7, 11) is 2.93. The number of nitrogens with zero attached hydrogens (tertiary/aromatic N) is 2. The Morgan fingerprint density at radius 1 is 1.35 bits per heavy atom. The van der Waals surface area contributed by atoms with Gasteiger partial charge in [-0.15, -0.1) is 0 Å². The largest absolute Gasteiger partial charge is 0.493 e. The van der Waals surface area contributed by atoms with E-state index in [2.05, 4.69) is 5.32 Å². The van der Waals surface area contributed by atoms with Crippen molar-refractivity contribution in [1.29, 1.82) is 5.26 Å². The van der Waals surface area contributed by atoms with Crippen molar-refractivity contribution in [1.82, 2.24) is 10.2 Å². The molecule has 26 heavy (non-hydrogen) atoms. The Morgan fingerprint density at radius 2 is 2.08 bits per heavy atom. The summed E-state index contributed by atoms with van der Waals surface area (Å²) in [6, 6.07) is 6.79. The van der Waals surface area contributed by atoms with Gasteiger partial charge in [-0.2, -0.15) is 5.26 Å². The Hall–Kier alpha value is -3.05. The zero-order chi connectivity index (χ0) is 18.9. The number of morpholine rings is 1. The second-order valence-electron chi connectivity index (χ2n) is 5.44. The first-order valence-electron chi connectivity index (χ1n) is 8.09. The van der Waals surface area contributed by atoms with Crippen LogP contribution in [-0.2, 0) is 14.3 Å². The van der Waals surface area contributed by atoms with Crippen LogP contribution in [0.25, 0.3) is 6.08 Å². The monoisotopic (exact) mass is 359 g/mol. The molecule has 1 N–H and O–H groups in total. The molecule has 138 valence electrons. The number of hydrogen-bond acceptors (Lipinski definition) is 6. The van der Waals surface area contributed by atoms with E-state index in [9.17, 15) is 9.59 Å². The van der Waals surface area contributed by atoms with E-state index in [0.29, 0.717) is 43.4 Å². The van der Waals surface area contributed by atoms with Crippen molar-refractivity contribution in [3.63, 3.8) is 0 Å². The minimum atomic E-state index is -0.470. The third-order valence-corrected chi connectivity index (χ3v) is 3.81. The average molecular weight is 359 g/mol. The van der Waals surface area contributed by atoms with Crippen molar-refractivity contribution >= 4 is 17.9 Å². The fourth-order valence-corrected chi connectivity index (χ4v) is 2.39. The minimum Gasteiger partial charge on any atom is -0.493 e. The van der Waals surface area contributed by atoms with E-state index in [4.69, 9.17) is 19.5 Å². The first-order chi connectivity index (χ1) is 12.6. The third-order valence-electron chi connectivity index (χ3n) is 3.81. The van der Waals surface area contributed by atoms with Crippen molar-refractivity contribution < 1.29 is 23.8 Å². The Labute approximate surface area is 151 Å². The Balaban J connectivity index is 2.08. The van der Waals surface area contributed by atoms with E-state index >= 15 is 0 Å². The summed E-state index contributed by atoms with van der Waals surface area (Å²) in [6.07, 6.45) is 1.45. The maximum absolute atomic E-state index is 12.1. The van der Waals surface area contributed by atoms with E-state index in [1.165, 1.54) is 20.2 Å². The lowest BCUT2D eigenvalue weighted by atomic mass is 10.1. The molecule has 1 saturated heterocycles. The first-order valence-corrected chi connectivity index (χ1v) is 8.09. The fourth-order valence-electron chi connectivity index (χ4n) is 2.39. The predicted octanol–water partition coefficient (Wildman–Crippen LogP) is 0.586. The van der Waals surface area contributed by atoms with E-state index in [1.54, 1.807) is 23.1 Å². The number of carbonyl (C=O) groups is 2. The standard InChI is InChI=1S/C18H21N3O5/c1-20-18(23)14(11-19)9-13-3-4-15(16(10-13)24-2)26-12-17(22)21-5-7-25-8-6-21/h3-4,9-10H,5-8,12H2,1-2H3,(H,20,23)/b14-9+. The molecule has 0 radical (unpaired) electrons. The smallest absolute Gasteiger partial charge is 0.261 e. The second-order valence-corrected chi connectivity index (χ2v) is 5.44. The molecule has 0 unspecified atom stereocenters. The molecule has 0 aliphatic carbocycles. The van der Waals surface area contributed by atoms with Gasteiger partial charge in [0.2, 0.25) is 0 Å². The van der Waals surface area contributed by atoms with Crippen LogP contribution in [0.2, 0.25) is 0 Å². The van der Waals surface area contributed by atoms with Crippen LogP contribution in [0.5, 0.6) is 11.5 Å². The zero-order valence-corrected chi connectivity index (χ0v) is 14.8. The van der Waals surface area contributed by atoms with Crippen LogP contribution >= 0.6 is 0 Å². The second kappa shape index (κ2) is 9.44. The SMILES string of the molecule is CNC(=O)/C(C#N)=C/c1ccc(OCC(=O)N2CCOCC2)c(OC)c1. The van der Waals surface area contributed by atoms with Gasteiger partial charge in [0, 0.05) is 20.1 Å². The number of likely N-dealkylation sites (N-methyl/N-ethyl adjacent to an activating group) is 1. The molecule has 2 amide bonds. The Bertz CT molecular complexity index is 733. The topological polar surface area (TPSA) is 101 Å². The van der Waals surface area contributed by atoms with E-state index in [0.717, 1.165) is 0 Å². The van der Waals surface area contributed by atoms with Gasteiger partial charge >= 0.3 is 0 Å². The number of methoxy groups -OCH3 is 1. The lowest BCUT2D eigenvalue weighted by molar-refractivity contribution is -0.137. The number of amides is 2. The quantitative estimate of drug-likeness (QED) is 0.589. The van der Waals surface area contributed by atoms with Crippen molar-refractivity contribution in [2.75, 3.05) is 47.1 Å². The molecule has 1 aromatic rings. The number of nitriles is 1. The van der Waals surface area contributed by atoms with Crippen LogP contribution in [0.4, 0.5) is 0 Å². The Kier molecular flexibility index (Phi) is 7.00. The highest BCUT2D eigenvalue weighted by Crippen LogP contribution is 2.29. The van der Waals surface area contributed by atoms with Crippen LogP contribution in [0.15, 0.2) is 23.8 Å². The number of carbonyl (C=O) groups excluding carboxylic acids is 2. The summed E-state index contributed by atoms with van der Waals surface area (Å²) in [4.78, 5) is 25.4. The summed E-state index contributed by atoms with van der Waals surface area (Å²) in [5.41, 5.74) is 0.583. The van der Waals surface area contributed by atoms with Gasteiger partial charge in [-0.1, -0.05) is 6.07 Å². The van der Waals surface area contributed by atoms with Gasteiger partial charge in [-0.25, -0.2) is 0 Å². The lowest BCUT2D eigenvalue weighted by Crippen LogP contribution is -2.43. The predicted molar refractivity (Wildman–Crippen MR) is 93.5 cm³/mol. The van der Waals surface area contributed by atoms with Crippen LogP contribution < -0.4 is 14.8 Å². The number of hydrogen-bond donors (Lipinski definition) is 1. The van der Waals surface area contributed by atoms with Gasteiger partial charge < -0.3 is 24.4 Å². The Morgan fingerprint density at radius 3 is 2.69 bits per heavy atom. The number of nitrogens with one attached hydrogen (secondary N) is 1. The molecule has 0 aromatic heterocycles. The average Bonchev–Trinajstić information content (AvgIpc) is 2.70. The van der Waals surface area contributed by atoms with E-state index in [1.807, 2.05) is 6.07 Å². The molecule has 8 heteroatoms. The van der Waals surface area contributed by atoms with Crippen LogP contribution in [-0.4, -0.2) is 63.8 Å². The summed E-state index contributed by atoms with van der Waals surface area (Å²) < 4.78 is 16.1.